The molecule has 0 saturated carbocycles. The Bertz CT molecular complexity index is 525. The quantitative estimate of drug-likeness (QED) is 0.843. The number of hydrogen-bond acceptors (Lipinski definition) is 2. The Morgan fingerprint density at radius 1 is 1.18 bits per heavy atom. The summed E-state index contributed by atoms with van der Waals surface area (Å²) < 4.78 is 5.31. The van der Waals surface area contributed by atoms with Crippen molar-refractivity contribution in [3.8, 4) is 5.75 Å². The highest BCUT2D eigenvalue weighted by atomic mass is 35.5. The number of nitrogens with two attached hydrogens (primary N) is 1. The molecular formula is C14H14ClNO. The summed E-state index contributed by atoms with van der Waals surface area (Å²) in [5.41, 5.74) is 8.65. The van der Waals surface area contributed by atoms with Crippen LogP contribution in [0.1, 0.15) is 11.1 Å². The molecule has 2 nitrogen and oxygen atoms in total. The molecule has 0 amide bonds. The summed E-state index contributed by atoms with van der Waals surface area (Å²) in [5.74, 6) is 0.890. The van der Waals surface area contributed by atoms with Gasteiger partial charge in [-0.1, -0.05) is 35.9 Å². The molecule has 2 aromatic rings. The van der Waals surface area contributed by atoms with E-state index in [9.17, 15) is 0 Å². The van der Waals surface area contributed by atoms with E-state index in [1.165, 1.54) is 0 Å². The first kappa shape index (κ1) is 11.8. The number of ether oxygens (including phenoxy) is 1. The average molecular weight is 248 g/mol. The molecule has 17 heavy (non-hydrogen) atoms. The van der Waals surface area contributed by atoms with E-state index in [0.717, 1.165) is 23.3 Å². The second kappa shape index (κ2) is 5.11. The van der Waals surface area contributed by atoms with E-state index in [-0.39, 0.29) is 0 Å². The molecule has 2 rings (SSSR count). The molecular weight excluding hydrogens is 234 g/mol. The lowest BCUT2D eigenvalue weighted by molar-refractivity contribution is 0.410. The SMILES string of the molecule is COc1ccccc1Cc1ccc(Cl)c(N)c1. The predicted molar refractivity (Wildman–Crippen MR) is 71.7 cm³/mol. The maximum absolute atomic E-state index is 5.89. The number of para-hydroxylation sites is 1. The van der Waals surface area contributed by atoms with Gasteiger partial charge in [-0.25, -0.2) is 0 Å². The zero-order valence-corrected chi connectivity index (χ0v) is 10.4. The van der Waals surface area contributed by atoms with E-state index in [1.54, 1.807) is 7.11 Å². The van der Waals surface area contributed by atoms with Crippen LogP contribution in [0, 0.1) is 0 Å². The van der Waals surface area contributed by atoms with Crippen molar-refractivity contribution in [1.29, 1.82) is 0 Å². The predicted octanol–water partition coefficient (Wildman–Crippen LogP) is 3.52. The van der Waals surface area contributed by atoms with Crippen molar-refractivity contribution in [3.05, 3.63) is 58.6 Å². The Morgan fingerprint density at radius 2 is 1.94 bits per heavy atom. The summed E-state index contributed by atoms with van der Waals surface area (Å²) in [6.45, 7) is 0. The number of benzene rings is 2. The number of halogens is 1. The monoisotopic (exact) mass is 247 g/mol. The minimum atomic E-state index is 0.591. The van der Waals surface area contributed by atoms with Crippen LogP contribution in [0.3, 0.4) is 0 Å². The molecule has 0 atom stereocenters. The molecule has 0 radical (unpaired) electrons. The van der Waals surface area contributed by atoms with Crippen molar-refractivity contribution in [2.75, 3.05) is 12.8 Å². The van der Waals surface area contributed by atoms with Gasteiger partial charge in [-0.3, -0.25) is 0 Å². The van der Waals surface area contributed by atoms with Gasteiger partial charge in [-0.15, -0.1) is 0 Å². The summed E-state index contributed by atoms with van der Waals surface area (Å²) in [5, 5.41) is 0.591. The third kappa shape index (κ3) is 2.71. The average Bonchev–Trinajstić information content (AvgIpc) is 2.34. The van der Waals surface area contributed by atoms with E-state index in [0.29, 0.717) is 10.7 Å². The Kier molecular flexibility index (Phi) is 3.55. The fraction of sp³-hybridized carbons (Fsp3) is 0.143. The van der Waals surface area contributed by atoms with Gasteiger partial charge >= 0.3 is 0 Å². The molecule has 0 fully saturated rings. The molecule has 0 spiro atoms. The van der Waals surface area contributed by atoms with Gasteiger partial charge in [-0.05, 0) is 29.3 Å². The molecule has 0 heterocycles. The van der Waals surface area contributed by atoms with Gasteiger partial charge in [0.25, 0.3) is 0 Å². The smallest absolute Gasteiger partial charge is 0.122 e. The van der Waals surface area contributed by atoms with E-state index in [1.807, 2.05) is 42.5 Å². The Balaban J connectivity index is 2.28. The number of nitrogen functional groups attached to an aromatic ring is 1. The molecule has 0 aliphatic rings. The van der Waals surface area contributed by atoms with Crippen LogP contribution in [-0.2, 0) is 6.42 Å². The van der Waals surface area contributed by atoms with Gasteiger partial charge in [-0.2, -0.15) is 0 Å². The Labute approximate surface area is 106 Å². The summed E-state index contributed by atoms with van der Waals surface area (Å²) in [6.07, 6.45) is 0.783. The zero-order chi connectivity index (χ0) is 12.3. The Hall–Kier alpha value is -1.67. The van der Waals surface area contributed by atoms with Crippen LogP contribution in [0.5, 0.6) is 5.75 Å². The molecule has 0 aliphatic carbocycles. The van der Waals surface area contributed by atoms with Gasteiger partial charge in [0.1, 0.15) is 5.75 Å². The van der Waals surface area contributed by atoms with Crippen molar-refractivity contribution in [1.82, 2.24) is 0 Å². The van der Waals surface area contributed by atoms with E-state index in [4.69, 9.17) is 22.1 Å². The highest BCUT2D eigenvalue weighted by Crippen LogP contribution is 2.24. The minimum absolute atomic E-state index is 0.591. The lowest BCUT2D eigenvalue weighted by Crippen LogP contribution is -1.95. The highest BCUT2D eigenvalue weighted by molar-refractivity contribution is 6.33. The molecule has 3 heteroatoms. The first-order valence-electron chi connectivity index (χ1n) is 5.36. The largest absolute Gasteiger partial charge is 0.496 e. The number of methoxy groups -OCH3 is 1. The fourth-order valence-corrected chi connectivity index (χ4v) is 1.89. The number of rotatable bonds is 3. The van der Waals surface area contributed by atoms with Crippen molar-refractivity contribution in [2.24, 2.45) is 0 Å². The first-order valence-corrected chi connectivity index (χ1v) is 5.74. The third-order valence-electron chi connectivity index (χ3n) is 2.65. The number of hydrogen-bond donors (Lipinski definition) is 1. The summed E-state index contributed by atoms with van der Waals surface area (Å²) in [4.78, 5) is 0. The first-order chi connectivity index (χ1) is 8.20. The van der Waals surface area contributed by atoms with Gasteiger partial charge in [0.05, 0.1) is 17.8 Å². The van der Waals surface area contributed by atoms with Crippen LogP contribution < -0.4 is 10.5 Å². The minimum Gasteiger partial charge on any atom is -0.496 e. The molecule has 2 N–H and O–H groups in total. The molecule has 0 aliphatic heterocycles. The number of anilines is 1. The molecule has 0 bridgehead atoms. The van der Waals surface area contributed by atoms with Crippen LogP contribution in [0.4, 0.5) is 5.69 Å². The van der Waals surface area contributed by atoms with Crippen LogP contribution in [0.25, 0.3) is 0 Å². The fourth-order valence-electron chi connectivity index (χ4n) is 1.77. The van der Waals surface area contributed by atoms with Crippen molar-refractivity contribution in [3.63, 3.8) is 0 Å². The van der Waals surface area contributed by atoms with E-state index in [2.05, 4.69) is 0 Å². The van der Waals surface area contributed by atoms with Gasteiger partial charge in [0.2, 0.25) is 0 Å². The zero-order valence-electron chi connectivity index (χ0n) is 9.61. The van der Waals surface area contributed by atoms with Crippen LogP contribution in [-0.4, -0.2) is 7.11 Å². The summed E-state index contributed by atoms with van der Waals surface area (Å²) >= 11 is 5.89. The molecule has 0 unspecified atom stereocenters. The lowest BCUT2D eigenvalue weighted by atomic mass is 10.0. The van der Waals surface area contributed by atoms with Gasteiger partial charge in [0, 0.05) is 6.42 Å². The van der Waals surface area contributed by atoms with E-state index < -0.39 is 0 Å². The second-order valence-corrected chi connectivity index (χ2v) is 4.25. The van der Waals surface area contributed by atoms with Gasteiger partial charge in [0.15, 0.2) is 0 Å². The lowest BCUT2D eigenvalue weighted by Gasteiger charge is -2.09. The normalized spacial score (nSPS) is 10.2. The van der Waals surface area contributed by atoms with Crippen molar-refractivity contribution < 1.29 is 4.74 Å². The van der Waals surface area contributed by atoms with Crippen LogP contribution in [0.15, 0.2) is 42.5 Å². The molecule has 0 saturated heterocycles. The van der Waals surface area contributed by atoms with Crippen molar-refractivity contribution >= 4 is 17.3 Å². The van der Waals surface area contributed by atoms with Crippen molar-refractivity contribution in [2.45, 2.75) is 6.42 Å². The Morgan fingerprint density at radius 3 is 2.65 bits per heavy atom. The maximum atomic E-state index is 5.89. The van der Waals surface area contributed by atoms with Gasteiger partial charge < -0.3 is 10.5 Å². The maximum Gasteiger partial charge on any atom is 0.122 e. The molecule has 0 aromatic heterocycles. The standard InChI is InChI=1S/C14H14ClNO/c1-17-14-5-3-2-4-11(14)8-10-6-7-12(15)13(16)9-10/h2-7,9H,8,16H2,1H3. The summed E-state index contributed by atoms with van der Waals surface area (Å²) in [6, 6.07) is 13.6. The van der Waals surface area contributed by atoms with E-state index >= 15 is 0 Å². The third-order valence-corrected chi connectivity index (χ3v) is 2.99. The highest BCUT2D eigenvalue weighted by Gasteiger charge is 2.04. The topological polar surface area (TPSA) is 35.2 Å². The van der Waals surface area contributed by atoms with Crippen LogP contribution in [0.2, 0.25) is 5.02 Å². The van der Waals surface area contributed by atoms with Crippen LogP contribution >= 0.6 is 11.6 Å². The molecule has 88 valence electrons. The second-order valence-electron chi connectivity index (χ2n) is 3.84. The summed E-state index contributed by atoms with van der Waals surface area (Å²) in [7, 11) is 1.68. The molecule has 2 aromatic carbocycles.